The Bertz CT molecular complexity index is 248. The molecule has 0 aliphatic rings. The zero-order chi connectivity index (χ0) is 12.3. The third kappa shape index (κ3) is 6.10. The Labute approximate surface area is 90.6 Å². The summed E-state index contributed by atoms with van der Waals surface area (Å²) in [5.41, 5.74) is -1.39. The van der Waals surface area contributed by atoms with Crippen molar-refractivity contribution in [3.63, 3.8) is 0 Å². The van der Waals surface area contributed by atoms with Crippen LogP contribution in [-0.2, 0) is 14.3 Å². The molecule has 0 fully saturated rings. The highest BCUT2D eigenvalue weighted by Gasteiger charge is 2.28. The highest BCUT2D eigenvalue weighted by molar-refractivity contribution is 5.75. The topological polar surface area (TPSA) is 63.6 Å². The molecule has 0 heterocycles. The zero-order valence-electron chi connectivity index (χ0n) is 10.1. The summed E-state index contributed by atoms with van der Waals surface area (Å²) < 4.78 is 5.08. The monoisotopic (exact) mass is 216 g/mol. The van der Waals surface area contributed by atoms with Crippen LogP contribution in [0.1, 0.15) is 47.5 Å². The Morgan fingerprint density at radius 3 is 1.93 bits per heavy atom. The first kappa shape index (κ1) is 13.9. The van der Waals surface area contributed by atoms with Gasteiger partial charge in [-0.2, -0.15) is 0 Å². The Hall–Kier alpha value is -1.06. The van der Waals surface area contributed by atoms with Crippen LogP contribution < -0.4 is 0 Å². The van der Waals surface area contributed by atoms with E-state index in [9.17, 15) is 9.59 Å². The minimum Gasteiger partial charge on any atom is -0.481 e. The average molecular weight is 216 g/mol. The predicted octanol–water partition coefficient (Wildman–Crippen LogP) is 2.22. The van der Waals surface area contributed by atoms with Crippen molar-refractivity contribution in [3.05, 3.63) is 0 Å². The van der Waals surface area contributed by atoms with Gasteiger partial charge in [0.2, 0.25) is 0 Å². The van der Waals surface area contributed by atoms with Gasteiger partial charge in [-0.15, -0.1) is 0 Å². The third-order valence-corrected chi connectivity index (χ3v) is 1.95. The van der Waals surface area contributed by atoms with Crippen LogP contribution in [0, 0.1) is 5.41 Å². The summed E-state index contributed by atoms with van der Waals surface area (Å²) in [5.74, 6) is -1.25. The van der Waals surface area contributed by atoms with Crippen molar-refractivity contribution in [1.82, 2.24) is 0 Å². The van der Waals surface area contributed by atoms with E-state index >= 15 is 0 Å². The number of hydrogen-bond donors (Lipinski definition) is 1. The zero-order valence-corrected chi connectivity index (χ0v) is 10.1. The molecule has 0 aromatic rings. The number of carbonyl (C=O) groups excluding carboxylic acids is 1. The number of rotatable bonds is 4. The molecular formula is C11H20O4. The van der Waals surface area contributed by atoms with E-state index < -0.39 is 17.0 Å². The van der Waals surface area contributed by atoms with Crippen LogP contribution in [0.4, 0.5) is 0 Å². The van der Waals surface area contributed by atoms with Crippen LogP contribution in [0.5, 0.6) is 0 Å². The van der Waals surface area contributed by atoms with E-state index in [1.807, 2.05) is 0 Å². The van der Waals surface area contributed by atoms with Gasteiger partial charge in [0.25, 0.3) is 0 Å². The first-order chi connectivity index (χ1) is 6.54. The second-order valence-electron chi connectivity index (χ2n) is 5.28. The van der Waals surface area contributed by atoms with Crippen LogP contribution in [0.25, 0.3) is 0 Å². The molecule has 4 heteroatoms. The molecule has 15 heavy (non-hydrogen) atoms. The van der Waals surface area contributed by atoms with Gasteiger partial charge in [0.05, 0.1) is 5.41 Å². The summed E-state index contributed by atoms with van der Waals surface area (Å²) in [6.07, 6.45) is 0.424. The number of ether oxygens (including phenoxy) is 1. The van der Waals surface area contributed by atoms with Gasteiger partial charge in [0.1, 0.15) is 5.60 Å². The second-order valence-corrected chi connectivity index (χ2v) is 5.28. The molecule has 0 atom stereocenters. The molecule has 0 spiro atoms. The van der Waals surface area contributed by atoms with Gasteiger partial charge in [-0.1, -0.05) is 0 Å². The van der Waals surface area contributed by atoms with Gasteiger partial charge in [-0.05, 0) is 41.0 Å². The fourth-order valence-electron chi connectivity index (χ4n) is 0.914. The lowest BCUT2D eigenvalue weighted by Crippen LogP contribution is -2.27. The van der Waals surface area contributed by atoms with Gasteiger partial charge in [0, 0.05) is 6.42 Å². The lowest BCUT2D eigenvalue weighted by Gasteiger charge is -2.22. The molecule has 0 bridgehead atoms. The molecule has 0 aliphatic heterocycles. The number of esters is 1. The Balaban J connectivity index is 4.07. The fourth-order valence-corrected chi connectivity index (χ4v) is 0.914. The summed E-state index contributed by atoms with van der Waals surface area (Å²) in [5, 5.41) is 8.83. The van der Waals surface area contributed by atoms with Crippen molar-refractivity contribution < 1.29 is 19.4 Å². The number of hydrogen-bond acceptors (Lipinski definition) is 3. The van der Waals surface area contributed by atoms with E-state index in [1.165, 1.54) is 0 Å². The minimum atomic E-state index is -0.897. The van der Waals surface area contributed by atoms with E-state index in [-0.39, 0.29) is 18.8 Å². The quantitative estimate of drug-likeness (QED) is 0.732. The predicted molar refractivity (Wildman–Crippen MR) is 56.5 cm³/mol. The van der Waals surface area contributed by atoms with E-state index in [4.69, 9.17) is 9.84 Å². The van der Waals surface area contributed by atoms with Crippen molar-refractivity contribution in [2.45, 2.75) is 53.1 Å². The normalized spacial score (nSPS) is 12.3. The Morgan fingerprint density at radius 1 is 1.13 bits per heavy atom. The molecule has 0 aromatic heterocycles. The van der Waals surface area contributed by atoms with Gasteiger partial charge < -0.3 is 9.84 Å². The third-order valence-electron chi connectivity index (χ3n) is 1.95. The van der Waals surface area contributed by atoms with Crippen molar-refractivity contribution in [2.75, 3.05) is 0 Å². The minimum absolute atomic E-state index is 0.135. The number of carbonyl (C=O) groups is 2. The van der Waals surface area contributed by atoms with Crippen molar-refractivity contribution >= 4 is 11.9 Å². The molecule has 0 saturated heterocycles. The van der Waals surface area contributed by atoms with Crippen LogP contribution >= 0.6 is 0 Å². The fraction of sp³-hybridized carbons (Fsp3) is 0.818. The highest BCUT2D eigenvalue weighted by atomic mass is 16.6. The highest BCUT2D eigenvalue weighted by Crippen LogP contribution is 2.23. The first-order valence-corrected chi connectivity index (χ1v) is 5.00. The van der Waals surface area contributed by atoms with Crippen LogP contribution in [-0.4, -0.2) is 22.6 Å². The molecule has 0 amide bonds. The van der Waals surface area contributed by atoms with Crippen molar-refractivity contribution in [2.24, 2.45) is 5.41 Å². The smallest absolute Gasteiger partial charge is 0.309 e. The number of aliphatic carboxylic acids is 1. The first-order valence-electron chi connectivity index (χ1n) is 5.00. The molecular weight excluding hydrogens is 196 g/mol. The van der Waals surface area contributed by atoms with Crippen LogP contribution in [0.3, 0.4) is 0 Å². The molecule has 4 nitrogen and oxygen atoms in total. The standard InChI is InChI=1S/C11H20O4/c1-10(2,3)15-8(12)6-7-11(4,5)9(13)14/h6-7H2,1-5H3,(H,13,14). The molecule has 0 saturated carbocycles. The average Bonchev–Trinajstić information content (AvgIpc) is 1.97. The lowest BCUT2D eigenvalue weighted by molar-refractivity contribution is -0.156. The molecule has 0 unspecified atom stereocenters. The van der Waals surface area contributed by atoms with Crippen LogP contribution in [0.15, 0.2) is 0 Å². The maximum absolute atomic E-state index is 11.3. The molecule has 0 rings (SSSR count). The second kappa shape index (κ2) is 4.64. The molecule has 0 aromatic carbocycles. The molecule has 1 N–H and O–H groups in total. The van der Waals surface area contributed by atoms with Gasteiger partial charge in [-0.3, -0.25) is 9.59 Å². The van der Waals surface area contributed by atoms with Crippen molar-refractivity contribution in [3.8, 4) is 0 Å². The van der Waals surface area contributed by atoms with Crippen molar-refractivity contribution in [1.29, 1.82) is 0 Å². The van der Waals surface area contributed by atoms with E-state index in [1.54, 1.807) is 34.6 Å². The largest absolute Gasteiger partial charge is 0.481 e. The van der Waals surface area contributed by atoms with Gasteiger partial charge in [0.15, 0.2) is 0 Å². The number of carboxylic acid groups (broad SMARTS) is 1. The summed E-state index contributed by atoms with van der Waals surface area (Å²) >= 11 is 0. The van der Waals surface area contributed by atoms with E-state index in [0.717, 1.165) is 0 Å². The Morgan fingerprint density at radius 2 is 1.60 bits per heavy atom. The molecule has 88 valence electrons. The maximum Gasteiger partial charge on any atom is 0.309 e. The van der Waals surface area contributed by atoms with Crippen LogP contribution in [0.2, 0.25) is 0 Å². The summed E-state index contributed by atoms with van der Waals surface area (Å²) in [6, 6.07) is 0. The maximum atomic E-state index is 11.3. The van der Waals surface area contributed by atoms with E-state index in [0.29, 0.717) is 0 Å². The Kier molecular flexibility index (Phi) is 4.31. The van der Waals surface area contributed by atoms with E-state index in [2.05, 4.69) is 0 Å². The summed E-state index contributed by atoms with van der Waals surface area (Å²) in [7, 11) is 0. The number of carboxylic acids is 1. The SMILES string of the molecule is CC(C)(C)OC(=O)CCC(C)(C)C(=O)O. The van der Waals surface area contributed by atoms with Gasteiger partial charge >= 0.3 is 11.9 Å². The van der Waals surface area contributed by atoms with Gasteiger partial charge in [-0.25, -0.2) is 0 Å². The molecule has 0 radical (unpaired) electrons. The lowest BCUT2D eigenvalue weighted by atomic mass is 9.88. The summed E-state index contributed by atoms with van der Waals surface area (Å²) in [6.45, 7) is 8.55. The molecule has 0 aliphatic carbocycles. The summed E-state index contributed by atoms with van der Waals surface area (Å²) in [4.78, 5) is 22.1.